The van der Waals surface area contributed by atoms with Gasteiger partial charge in [-0.15, -0.1) is 0 Å². The molecule has 0 aliphatic heterocycles. The van der Waals surface area contributed by atoms with Gasteiger partial charge in [0.1, 0.15) is 0 Å². The normalized spacial score (nSPS) is 14.3. The fraction of sp³-hybridized carbons (Fsp3) is 0.824. The van der Waals surface area contributed by atoms with Gasteiger partial charge in [0.2, 0.25) is 0 Å². The molecule has 24 heavy (non-hydrogen) atoms. The summed E-state index contributed by atoms with van der Waals surface area (Å²) >= 11 is 0. The Bertz CT molecular complexity index is 515. The van der Waals surface area contributed by atoms with Crippen molar-refractivity contribution in [3.8, 4) is 0 Å². The molecule has 0 bridgehead atoms. The van der Waals surface area contributed by atoms with Crippen LogP contribution in [0.25, 0.3) is 0 Å². The molecule has 0 radical (unpaired) electrons. The lowest BCUT2D eigenvalue weighted by atomic mass is 10.3. The van der Waals surface area contributed by atoms with Crippen LogP contribution in [0.15, 0.2) is 12.2 Å². The van der Waals surface area contributed by atoms with Crippen LogP contribution in [0.4, 0.5) is 0 Å². The summed E-state index contributed by atoms with van der Waals surface area (Å²) in [5.41, 5.74) is 0.948. The largest absolute Gasteiger partial charge is 0.462 e. The van der Waals surface area contributed by atoms with Crippen LogP contribution in [0.1, 0.15) is 61.3 Å². The van der Waals surface area contributed by atoms with Crippen molar-refractivity contribution in [2.45, 2.75) is 82.8 Å². The van der Waals surface area contributed by atoms with Gasteiger partial charge < -0.3 is 4.74 Å². The highest BCUT2D eigenvalue weighted by Crippen LogP contribution is 2.47. The molecular weight excluding hydrogens is 344 g/mol. The smallest absolute Gasteiger partial charge is 0.333 e. The van der Waals surface area contributed by atoms with Gasteiger partial charge in [-0.1, -0.05) is 48.1 Å². The highest BCUT2D eigenvalue weighted by molar-refractivity contribution is 7.88. The van der Waals surface area contributed by atoms with Crippen LogP contribution in [0.2, 0.25) is 16.6 Å². The van der Waals surface area contributed by atoms with Gasteiger partial charge in [0.25, 0.3) is 10.1 Å². The molecule has 0 saturated heterocycles. The van der Waals surface area contributed by atoms with Gasteiger partial charge in [-0.25, -0.2) is 4.79 Å². The Hall–Kier alpha value is -0.663. The molecule has 0 aromatic carbocycles. The van der Waals surface area contributed by atoms with Crippen LogP contribution in [0.5, 0.6) is 0 Å². The maximum absolute atomic E-state index is 12.2. The average molecular weight is 379 g/mol. The van der Waals surface area contributed by atoms with Crippen molar-refractivity contribution in [2.24, 2.45) is 0 Å². The van der Waals surface area contributed by atoms with Gasteiger partial charge >= 0.3 is 5.97 Å². The van der Waals surface area contributed by atoms with E-state index in [9.17, 15) is 17.8 Å². The van der Waals surface area contributed by atoms with Crippen molar-refractivity contribution >= 4 is 24.2 Å². The van der Waals surface area contributed by atoms with E-state index in [4.69, 9.17) is 4.74 Å². The second kappa shape index (κ2) is 9.15. The van der Waals surface area contributed by atoms with Crippen LogP contribution in [-0.4, -0.2) is 38.5 Å². The van der Waals surface area contributed by atoms with E-state index >= 15 is 0 Å². The first-order valence-corrected chi connectivity index (χ1v) is 12.4. The fourth-order valence-corrected chi connectivity index (χ4v) is 16.2. The summed E-state index contributed by atoms with van der Waals surface area (Å²) in [7, 11) is -6.56. The molecule has 0 saturated carbocycles. The Balaban J connectivity index is 5.46. The van der Waals surface area contributed by atoms with E-state index in [-0.39, 0.29) is 23.2 Å². The number of hydrogen-bond acceptors (Lipinski definition) is 4. The highest BCUT2D eigenvalue weighted by atomic mass is 32.2. The maximum atomic E-state index is 12.2. The first-order valence-electron chi connectivity index (χ1n) is 8.58. The molecule has 0 fully saturated rings. The quantitative estimate of drug-likeness (QED) is 0.201. The molecule has 5 nitrogen and oxygen atoms in total. The zero-order valence-electron chi connectivity index (χ0n) is 16.1. The molecule has 0 spiro atoms. The first-order chi connectivity index (χ1) is 10.8. The van der Waals surface area contributed by atoms with E-state index in [1.807, 2.05) is 0 Å². The Morgan fingerprint density at radius 3 is 1.79 bits per heavy atom. The Labute approximate surface area is 148 Å². The van der Waals surface area contributed by atoms with Crippen molar-refractivity contribution < 1.29 is 22.5 Å². The third-order valence-electron chi connectivity index (χ3n) is 5.11. The van der Waals surface area contributed by atoms with E-state index in [0.717, 1.165) is 0 Å². The molecule has 7 heteroatoms. The van der Waals surface area contributed by atoms with Crippen LogP contribution in [0.3, 0.4) is 0 Å². The molecule has 0 rings (SSSR count). The molecule has 0 aromatic heterocycles. The molecule has 142 valence electrons. The Kier molecular flexibility index (Phi) is 8.90. The Morgan fingerprint density at radius 1 is 1.08 bits per heavy atom. The first kappa shape index (κ1) is 23.3. The van der Waals surface area contributed by atoms with E-state index in [1.54, 1.807) is 6.92 Å². The molecule has 0 aromatic rings. The molecule has 1 N–H and O–H groups in total. The van der Waals surface area contributed by atoms with Crippen molar-refractivity contribution in [2.75, 3.05) is 6.61 Å². The van der Waals surface area contributed by atoms with Crippen LogP contribution < -0.4 is 0 Å². The number of carbonyl (C=O) groups is 1. The predicted octanol–water partition coefficient (Wildman–Crippen LogP) is 4.36. The van der Waals surface area contributed by atoms with Gasteiger partial charge in [-0.2, -0.15) is 8.42 Å². The van der Waals surface area contributed by atoms with Crippen molar-refractivity contribution in [3.05, 3.63) is 12.2 Å². The molecule has 1 unspecified atom stereocenters. The van der Waals surface area contributed by atoms with E-state index in [0.29, 0.717) is 18.4 Å². The maximum Gasteiger partial charge on any atom is 0.333 e. The monoisotopic (exact) mass is 378 g/mol. The Morgan fingerprint density at radius 2 is 1.50 bits per heavy atom. The topological polar surface area (TPSA) is 80.7 Å². The van der Waals surface area contributed by atoms with Gasteiger partial charge in [-0.3, -0.25) is 4.55 Å². The lowest BCUT2D eigenvalue weighted by Crippen LogP contribution is -2.58. The average Bonchev–Trinajstić information content (AvgIpc) is 2.38. The van der Waals surface area contributed by atoms with Crippen molar-refractivity contribution in [3.63, 3.8) is 0 Å². The molecule has 0 aliphatic rings. The summed E-state index contributed by atoms with van der Waals surface area (Å²) < 4.78 is 39.4. The van der Waals surface area contributed by atoms with Crippen molar-refractivity contribution in [1.82, 2.24) is 0 Å². The summed E-state index contributed by atoms with van der Waals surface area (Å²) in [4.78, 5) is 10.7. The lowest BCUT2D eigenvalue weighted by Gasteiger charge is -2.47. The third-order valence-corrected chi connectivity index (χ3v) is 15.6. The minimum absolute atomic E-state index is 0.135. The number of rotatable bonds is 10. The third kappa shape index (κ3) is 5.42. The standard InChI is InChI=1S/C17H34O5SSi/c1-12(2)17(18)22-11-9-10-16(23(19,20)21)24(13(3)4,14(5)6)15(7)8/h13-16H,1,9-11H2,2-8H3,(H,19,20,21). The molecule has 1 atom stereocenters. The summed E-state index contributed by atoms with van der Waals surface area (Å²) in [6.45, 7) is 17.6. The fourth-order valence-electron chi connectivity index (χ4n) is 4.33. The van der Waals surface area contributed by atoms with Gasteiger partial charge in [0.15, 0.2) is 0 Å². The minimum atomic E-state index is -4.17. The van der Waals surface area contributed by atoms with Crippen LogP contribution in [0, 0.1) is 0 Å². The van der Waals surface area contributed by atoms with Crippen molar-refractivity contribution in [1.29, 1.82) is 0 Å². The van der Waals surface area contributed by atoms with Crippen LogP contribution >= 0.6 is 0 Å². The SMILES string of the molecule is C=C(C)C(=O)OCCCC([Si](C(C)C)(C(C)C)C(C)C)S(=O)(=O)O. The molecule has 0 aliphatic carbocycles. The van der Waals surface area contributed by atoms with E-state index < -0.39 is 29.0 Å². The van der Waals surface area contributed by atoms with Gasteiger partial charge in [0, 0.05) is 5.57 Å². The minimum Gasteiger partial charge on any atom is -0.462 e. The zero-order chi connectivity index (χ0) is 19.3. The molecule has 0 heterocycles. The van der Waals surface area contributed by atoms with Gasteiger partial charge in [-0.05, 0) is 36.4 Å². The number of ether oxygens (including phenoxy) is 1. The molecule has 0 amide bonds. The van der Waals surface area contributed by atoms with Crippen LogP contribution in [-0.2, 0) is 19.6 Å². The highest BCUT2D eigenvalue weighted by Gasteiger charge is 2.53. The molecular formula is C17H34O5SSi. The predicted molar refractivity (Wildman–Crippen MR) is 101 cm³/mol. The summed E-state index contributed by atoms with van der Waals surface area (Å²) in [5, 5.41) is 0. The lowest BCUT2D eigenvalue weighted by molar-refractivity contribution is -0.139. The number of carbonyl (C=O) groups excluding carboxylic acids is 1. The summed E-state index contributed by atoms with van der Waals surface area (Å²) in [5.74, 6) is -0.474. The summed E-state index contributed by atoms with van der Waals surface area (Å²) in [6.07, 6.45) is 0.716. The zero-order valence-corrected chi connectivity index (χ0v) is 17.9. The van der Waals surface area contributed by atoms with E-state index in [2.05, 4.69) is 48.1 Å². The number of esters is 1. The second-order valence-electron chi connectivity index (χ2n) is 7.53. The summed E-state index contributed by atoms with van der Waals surface area (Å²) in [6, 6.07) is 0. The second-order valence-corrected chi connectivity index (χ2v) is 15.7. The number of hydrogen-bond donors (Lipinski definition) is 1. The van der Waals surface area contributed by atoms with E-state index in [1.165, 1.54) is 0 Å². The van der Waals surface area contributed by atoms with Gasteiger partial charge in [0.05, 0.1) is 19.6 Å².